The highest BCUT2D eigenvalue weighted by Gasteiger charge is 2.31. The smallest absolute Gasteiger partial charge is 0.341 e. The van der Waals surface area contributed by atoms with Crippen molar-refractivity contribution in [1.29, 1.82) is 0 Å². The zero-order chi connectivity index (χ0) is 26.7. The van der Waals surface area contributed by atoms with Gasteiger partial charge in [-0.05, 0) is 87.9 Å². The van der Waals surface area contributed by atoms with E-state index in [0.717, 1.165) is 46.0 Å². The van der Waals surface area contributed by atoms with E-state index in [2.05, 4.69) is 5.32 Å². The lowest BCUT2D eigenvalue weighted by Crippen LogP contribution is -2.38. The number of sulfonamides is 1. The Balaban J connectivity index is 1.70. The summed E-state index contributed by atoms with van der Waals surface area (Å²) < 4.78 is 33.8. The maximum Gasteiger partial charge on any atom is 0.341 e. The quantitative estimate of drug-likeness (QED) is 0.346. The number of anilines is 2. The summed E-state index contributed by atoms with van der Waals surface area (Å²) in [6.07, 6.45) is 3.55. The van der Waals surface area contributed by atoms with Crippen molar-refractivity contribution in [2.75, 3.05) is 22.8 Å². The molecule has 2 aromatic carbocycles. The number of nitrogens with one attached hydrogen (secondary N) is 1. The Morgan fingerprint density at radius 3 is 2.46 bits per heavy atom. The van der Waals surface area contributed by atoms with Crippen molar-refractivity contribution in [2.45, 2.75) is 51.3 Å². The second-order valence-electron chi connectivity index (χ2n) is 8.94. The van der Waals surface area contributed by atoms with E-state index in [1.165, 1.54) is 23.5 Å². The molecule has 1 aliphatic rings. The van der Waals surface area contributed by atoms with E-state index in [1.54, 1.807) is 44.2 Å². The van der Waals surface area contributed by atoms with Gasteiger partial charge in [-0.15, -0.1) is 11.3 Å². The van der Waals surface area contributed by atoms with Crippen LogP contribution in [0.3, 0.4) is 0 Å². The first-order chi connectivity index (χ1) is 17.6. The standard InChI is InChI=1S/C27H29ClN2O5S2/c1-4-35-27(32)25-21-7-5-6-8-23(21)36-26(25)29-24(31)16-30(22-14-11-19(28)15-18(22)3)37(33,34)20-12-9-17(2)10-13-20/h9-15H,4-8,16H2,1-3H3,(H,29,31). The third-order valence-corrected chi connectivity index (χ3v) is 9.44. The molecule has 0 unspecified atom stereocenters. The van der Waals surface area contributed by atoms with Crippen molar-refractivity contribution in [3.05, 3.63) is 74.6 Å². The van der Waals surface area contributed by atoms with E-state index in [-0.39, 0.29) is 11.5 Å². The number of esters is 1. The lowest BCUT2D eigenvalue weighted by atomic mass is 9.95. The van der Waals surface area contributed by atoms with Crippen molar-refractivity contribution in [2.24, 2.45) is 0 Å². The van der Waals surface area contributed by atoms with Crippen LogP contribution in [0.25, 0.3) is 0 Å². The number of thiophene rings is 1. The van der Waals surface area contributed by atoms with Gasteiger partial charge in [0.05, 0.1) is 22.8 Å². The highest BCUT2D eigenvalue weighted by molar-refractivity contribution is 7.92. The molecule has 1 heterocycles. The second kappa shape index (κ2) is 11.2. The number of amides is 1. The first-order valence-electron chi connectivity index (χ1n) is 12.1. The van der Waals surface area contributed by atoms with Crippen LogP contribution in [0, 0.1) is 13.8 Å². The molecular weight excluding hydrogens is 532 g/mol. The van der Waals surface area contributed by atoms with Crippen molar-refractivity contribution >= 4 is 55.5 Å². The van der Waals surface area contributed by atoms with Gasteiger partial charge >= 0.3 is 5.97 Å². The molecule has 0 saturated carbocycles. The first-order valence-corrected chi connectivity index (χ1v) is 14.7. The fraction of sp³-hybridized carbons (Fsp3) is 0.333. The molecular formula is C27H29ClN2O5S2. The van der Waals surface area contributed by atoms with Gasteiger partial charge in [-0.3, -0.25) is 9.10 Å². The molecule has 0 bridgehead atoms. The van der Waals surface area contributed by atoms with Crippen molar-refractivity contribution in [3.8, 4) is 0 Å². The van der Waals surface area contributed by atoms with Crippen molar-refractivity contribution < 1.29 is 22.7 Å². The molecule has 4 rings (SSSR count). The summed E-state index contributed by atoms with van der Waals surface area (Å²) in [5.74, 6) is -1.04. The van der Waals surface area contributed by atoms with Crippen LogP contribution in [0.4, 0.5) is 10.7 Å². The number of hydrogen-bond donors (Lipinski definition) is 1. The SMILES string of the molecule is CCOC(=O)c1c(NC(=O)CN(c2ccc(Cl)cc2C)S(=O)(=O)c2ccc(C)cc2)sc2c1CCCC2. The average Bonchev–Trinajstić information content (AvgIpc) is 3.21. The normalized spacial score (nSPS) is 13.1. The number of hydrogen-bond acceptors (Lipinski definition) is 6. The van der Waals surface area contributed by atoms with Crippen molar-refractivity contribution in [3.63, 3.8) is 0 Å². The number of halogens is 1. The Labute approximate surface area is 226 Å². The van der Waals surface area contributed by atoms with Crippen LogP contribution < -0.4 is 9.62 Å². The minimum absolute atomic E-state index is 0.0686. The van der Waals surface area contributed by atoms with Crippen LogP contribution in [-0.2, 0) is 32.4 Å². The Hall–Kier alpha value is -2.88. The fourth-order valence-corrected chi connectivity index (χ4v) is 7.41. The first kappa shape index (κ1) is 27.2. The third kappa shape index (κ3) is 5.84. The molecule has 196 valence electrons. The summed E-state index contributed by atoms with van der Waals surface area (Å²) >= 11 is 7.48. The molecule has 7 nitrogen and oxygen atoms in total. The molecule has 1 N–H and O–H groups in total. The zero-order valence-corrected chi connectivity index (χ0v) is 23.4. The number of carbonyl (C=O) groups is 2. The minimum atomic E-state index is -4.09. The van der Waals surface area contributed by atoms with Crippen LogP contribution in [0.5, 0.6) is 0 Å². The van der Waals surface area contributed by atoms with Gasteiger partial charge in [0.15, 0.2) is 0 Å². The van der Waals surface area contributed by atoms with Gasteiger partial charge in [-0.25, -0.2) is 13.2 Å². The number of fused-ring (bicyclic) bond motifs is 1. The van der Waals surface area contributed by atoms with E-state index in [9.17, 15) is 18.0 Å². The van der Waals surface area contributed by atoms with Crippen LogP contribution >= 0.6 is 22.9 Å². The third-order valence-electron chi connectivity index (χ3n) is 6.23. The maximum atomic E-state index is 13.7. The summed E-state index contributed by atoms with van der Waals surface area (Å²) in [6, 6.07) is 11.3. The van der Waals surface area contributed by atoms with Gasteiger partial charge in [-0.2, -0.15) is 0 Å². The molecule has 1 aromatic heterocycles. The van der Waals surface area contributed by atoms with Crippen LogP contribution in [0.2, 0.25) is 5.02 Å². The predicted octanol–water partition coefficient (Wildman–Crippen LogP) is 5.91. The summed E-state index contributed by atoms with van der Waals surface area (Å²) in [5, 5.41) is 3.68. The fourth-order valence-electron chi connectivity index (χ4n) is 4.41. The van der Waals surface area contributed by atoms with Gasteiger partial charge in [0.1, 0.15) is 11.5 Å². The molecule has 0 spiro atoms. The number of carbonyl (C=O) groups excluding carboxylic acids is 2. The van der Waals surface area contributed by atoms with Crippen LogP contribution in [0.1, 0.15) is 51.7 Å². The molecule has 0 radical (unpaired) electrons. The van der Waals surface area contributed by atoms with Gasteiger partial charge in [0.2, 0.25) is 5.91 Å². The van der Waals surface area contributed by atoms with Crippen molar-refractivity contribution in [1.82, 2.24) is 0 Å². The Morgan fingerprint density at radius 2 is 1.78 bits per heavy atom. The average molecular weight is 561 g/mol. The minimum Gasteiger partial charge on any atom is -0.462 e. The highest BCUT2D eigenvalue weighted by atomic mass is 35.5. The van der Waals surface area contributed by atoms with Gasteiger partial charge in [-0.1, -0.05) is 29.3 Å². The van der Waals surface area contributed by atoms with Gasteiger partial charge in [0, 0.05) is 9.90 Å². The largest absolute Gasteiger partial charge is 0.462 e. The van der Waals surface area contributed by atoms with E-state index in [0.29, 0.717) is 26.8 Å². The van der Waals surface area contributed by atoms with E-state index >= 15 is 0 Å². The van der Waals surface area contributed by atoms with E-state index in [1.807, 2.05) is 6.92 Å². The molecule has 3 aromatic rings. The summed E-state index contributed by atoms with van der Waals surface area (Å²) in [5.41, 5.74) is 3.17. The monoisotopic (exact) mass is 560 g/mol. The maximum absolute atomic E-state index is 13.7. The molecule has 1 aliphatic carbocycles. The summed E-state index contributed by atoms with van der Waals surface area (Å²) in [4.78, 5) is 27.3. The second-order valence-corrected chi connectivity index (χ2v) is 12.3. The number of nitrogens with zero attached hydrogens (tertiary/aromatic N) is 1. The van der Waals surface area contributed by atoms with Gasteiger partial charge < -0.3 is 10.1 Å². The molecule has 10 heteroatoms. The molecule has 1 amide bonds. The number of rotatable bonds is 8. The van der Waals surface area contributed by atoms with Crippen LogP contribution in [0.15, 0.2) is 47.4 Å². The van der Waals surface area contributed by atoms with Gasteiger partial charge in [0.25, 0.3) is 10.0 Å². The topological polar surface area (TPSA) is 92.8 Å². The lowest BCUT2D eigenvalue weighted by molar-refractivity contribution is -0.114. The molecule has 0 saturated heterocycles. The lowest BCUT2D eigenvalue weighted by Gasteiger charge is -2.25. The number of ether oxygens (including phenoxy) is 1. The molecule has 37 heavy (non-hydrogen) atoms. The zero-order valence-electron chi connectivity index (χ0n) is 21.0. The highest BCUT2D eigenvalue weighted by Crippen LogP contribution is 2.39. The number of aryl methyl sites for hydroxylation is 3. The number of benzene rings is 2. The molecule has 0 fully saturated rings. The summed E-state index contributed by atoms with van der Waals surface area (Å²) in [6.45, 7) is 5.08. The Morgan fingerprint density at radius 1 is 1.08 bits per heavy atom. The van der Waals surface area contributed by atoms with E-state index < -0.39 is 28.4 Å². The molecule has 0 aliphatic heterocycles. The summed E-state index contributed by atoms with van der Waals surface area (Å²) in [7, 11) is -4.09. The molecule has 0 atom stereocenters. The van der Waals surface area contributed by atoms with Crippen LogP contribution in [-0.4, -0.2) is 33.4 Å². The Kier molecular flexibility index (Phi) is 8.26. The van der Waals surface area contributed by atoms with E-state index in [4.69, 9.17) is 16.3 Å². The Bertz CT molecular complexity index is 1430. The predicted molar refractivity (Wildman–Crippen MR) is 147 cm³/mol.